The van der Waals surface area contributed by atoms with Gasteiger partial charge in [0.15, 0.2) is 0 Å². The summed E-state index contributed by atoms with van der Waals surface area (Å²) in [6.45, 7) is 4.95. The highest BCUT2D eigenvalue weighted by Gasteiger charge is 2.14. The van der Waals surface area contributed by atoms with Gasteiger partial charge in [0.2, 0.25) is 0 Å². The molecule has 1 aromatic carbocycles. The third kappa shape index (κ3) is 4.37. The fourth-order valence-electron chi connectivity index (χ4n) is 2.03. The number of nitrogens with one attached hydrogen (secondary N) is 1. The van der Waals surface area contributed by atoms with Crippen LogP contribution in [0.25, 0.3) is 0 Å². The van der Waals surface area contributed by atoms with E-state index in [-0.39, 0.29) is 11.9 Å². The van der Waals surface area contributed by atoms with Crippen molar-refractivity contribution in [2.75, 3.05) is 26.4 Å². The van der Waals surface area contributed by atoms with Crippen LogP contribution in [0.1, 0.15) is 12.5 Å². The Kier molecular flexibility index (Phi) is 5.11. The fraction of sp³-hybridized carbons (Fsp3) is 0.571. The Balaban J connectivity index is 1.71. The molecule has 18 heavy (non-hydrogen) atoms. The third-order valence-electron chi connectivity index (χ3n) is 3.03. The molecule has 0 aromatic heterocycles. The van der Waals surface area contributed by atoms with Crippen molar-refractivity contribution in [1.29, 1.82) is 0 Å². The van der Waals surface area contributed by atoms with Crippen molar-refractivity contribution >= 4 is 0 Å². The van der Waals surface area contributed by atoms with Crippen LogP contribution in [0, 0.1) is 5.82 Å². The maximum absolute atomic E-state index is 12.8. The average molecular weight is 253 g/mol. The van der Waals surface area contributed by atoms with Gasteiger partial charge >= 0.3 is 0 Å². The van der Waals surface area contributed by atoms with Crippen molar-refractivity contribution < 1.29 is 13.9 Å². The lowest BCUT2D eigenvalue weighted by Gasteiger charge is -2.25. The molecule has 100 valence electrons. The zero-order valence-electron chi connectivity index (χ0n) is 10.7. The fourth-order valence-corrected chi connectivity index (χ4v) is 2.03. The van der Waals surface area contributed by atoms with Crippen molar-refractivity contribution in [3.8, 4) is 0 Å². The summed E-state index contributed by atoms with van der Waals surface area (Å²) in [5.74, 6) is -0.188. The molecule has 1 saturated heterocycles. The summed E-state index contributed by atoms with van der Waals surface area (Å²) < 4.78 is 23.7. The van der Waals surface area contributed by atoms with Gasteiger partial charge in [-0.05, 0) is 31.0 Å². The van der Waals surface area contributed by atoms with Crippen LogP contribution in [0.15, 0.2) is 24.3 Å². The Morgan fingerprint density at radius 2 is 2.11 bits per heavy atom. The van der Waals surface area contributed by atoms with E-state index < -0.39 is 0 Å². The zero-order valence-corrected chi connectivity index (χ0v) is 10.7. The molecule has 2 atom stereocenters. The second kappa shape index (κ2) is 6.83. The molecule has 2 unspecified atom stereocenters. The van der Waals surface area contributed by atoms with Gasteiger partial charge in [0, 0.05) is 12.6 Å². The first-order valence-corrected chi connectivity index (χ1v) is 6.41. The molecule has 3 nitrogen and oxygen atoms in total. The van der Waals surface area contributed by atoms with Crippen LogP contribution < -0.4 is 5.32 Å². The summed E-state index contributed by atoms with van der Waals surface area (Å²) in [4.78, 5) is 0. The van der Waals surface area contributed by atoms with Gasteiger partial charge in [0.1, 0.15) is 5.82 Å². The molecule has 1 N–H and O–H groups in total. The minimum atomic E-state index is -0.188. The van der Waals surface area contributed by atoms with E-state index in [1.165, 1.54) is 12.1 Å². The van der Waals surface area contributed by atoms with E-state index in [2.05, 4.69) is 12.2 Å². The molecule has 1 heterocycles. The van der Waals surface area contributed by atoms with Gasteiger partial charge in [0.05, 0.1) is 25.9 Å². The van der Waals surface area contributed by atoms with Gasteiger partial charge in [-0.3, -0.25) is 0 Å². The van der Waals surface area contributed by atoms with E-state index in [4.69, 9.17) is 9.47 Å². The van der Waals surface area contributed by atoms with Gasteiger partial charge in [0.25, 0.3) is 0 Å². The van der Waals surface area contributed by atoms with Gasteiger partial charge < -0.3 is 14.8 Å². The zero-order chi connectivity index (χ0) is 12.8. The third-order valence-corrected chi connectivity index (χ3v) is 3.03. The molecule has 2 rings (SSSR count). The highest BCUT2D eigenvalue weighted by atomic mass is 19.1. The minimum absolute atomic E-state index is 0.148. The molecule has 0 bridgehead atoms. The Morgan fingerprint density at radius 3 is 2.78 bits per heavy atom. The van der Waals surface area contributed by atoms with Crippen LogP contribution in [-0.2, 0) is 15.9 Å². The lowest BCUT2D eigenvalue weighted by atomic mass is 10.1. The van der Waals surface area contributed by atoms with E-state index >= 15 is 0 Å². The second-order valence-electron chi connectivity index (χ2n) is 4.71. The van der Waals surface area contributed by atoms with E-state index in [1.807, 2.05) is 12.1 Å². The lowest BCUT2D eigenvalue weighted by Crippen LogP contribution is -2.41. The second-order valence-corrected chi connectivity index (χ2v) is 4.71. The molecule has 0 spiro atoms. The van der Waals surface area contributed by atoms with E-state index in [0.717, 1.165) is 18.5 Å². The summed E-state index contributed by atoms with van der Waals surface area (Å²) in [5.41, 5.74) is 1.14. The Labute approximate surface area is 107 Å². The normalized spacial score (nSPS) is 21.8. The van der Waals surface area contributed by atoms with Crippen molar-refractivity contribution in [2.24, 2.45) is 0 Å². The standard InChI is InChI=1S/C14H20FNO2/c1-11(8-12-2-4-13(15)5-3-12)16-9-14-10-17-6-7-18-14/h2-5,11,14,16H,6-10H2,1H3. The summed E-state index contributed by atoms with van der Waals surface area (Å²) in [5, 5.41) is 3.42. The molecule has 1 fully saturated rings. The first-order valence-electron chi connectivity index (χ1n) is 6.41. The van der Waals surface area contributed by atoms with Crippen LogP contribution in [-0.4, -0.2) is 38.5 Å². The maximum atomic E-state index is 12.8. The first kappa shape index (κ1) is 13.5. The molecule has 0 amide bonds. The largest absolute Gasteiger partial charge is 0.376 e. The SMILES string of the molecule is CC(Cc1ccc(F)cc1)NCC1COCCO1. The minimum Gasteiger partial charge on any atom is -0.376 e. The molecule has 0 radical (unpaired) electrons. The molecular formula is C14H20FNO2. The van der Waals surface area contributed by atoms with Crippen LogP contribution in [0.3, 0.4) is 0 Å². The van der Waals surface area contributed by atoms with Crippen LogP contribution in [0.2, 0.25) is 0 Å². The van der Waals surface area contributed by atoms with Crippen LogP contribution >= 0.6 is 0 Å². The summed E-state index contributed by atoms with van der Waals surface area (Å²) in [6.07, 6.45) is 1.03. The molecule has 1 aromatic rings. The van der Waals surface area contributed by atoms with Crippen molar-refractivity contribution in [1.82, 2.24) is 5.32 Å². The van der Waals surface area contributed by atoms with Crippen LogP contribution in [0.5, 0.6) is 0 Å². The number of hydrogen-bond donors (Lipinski definition) is 1. The summed E-state index contributed by atoms with van der Waals surface area (Å²) >= 11 is 0. The Hall–Kier alpha value is -0.970. The molecule has 4 heteroatoms. The highest BCUT2D eigenvalue weighted by molar-refractivity contribution is 5.16. The number of benzene rings is 1. The van der Waals surface area contributed by atoms with Gasteiger partial charge in [-0.2, -0.15) is 0 Å². The van der Waals surface area contributed by atoms with Gasteiger partial charge in [-0.25, -0.2) is 4.39 Å². The summed E-state index contributed by atoms with van der Waals surface area (Å²) in [6, 6.07) is 6.99. The number of halogens is 1. The lowest BCUT2D eigenvalue weighted by molar-refractivity contribution is -0.0869. The maximum Gasteiger partial charge on any atom is 0.123 e. The Morgan fingerprint density at radius 1 is 1.33 bits per heavy atom. The molecule has 0 aliphatic carbocycles. The Bertz CT molecular complexity index is 349. The van der Waals surface area contributed by atoms with Gasteiger partial charge in [-0.15, -0.1) is 0 Å². The molecule has 1 aliphatic heterocycles. The van der Waals surface area contributed by atoms with Crippen LogP contribution in [0.4, 0.5) is 4.39 Å². The topological polar surface area (TPSA) is 30.5 Å². The van der Waals surface area contributed by atoms with Gasteiger partial charge in [-0.1, -0.05) is 12.1 Å². The first-order chi connectivity index (χ1) is 8.74. The predicted octanol–water partition coefficient (Wildman–Crippen LogP) is 1.76. The van der Waals surface area contributed by atoms with E-state index in [0.29, 0.717) is 25.9 Å². The highest BCUT2D eigenvalue weighted by Crippen LogP contribution is 2.06. The summed E-state index contributed by atoms with van der Waals surface area (Å²) in [7, 11) is 0. The molecule has 0 saturated carbocycles. The van der Waals surface area contributed by atoms with Crippen molar-refractivity contribution in [3.05, 3.63) is 35.6 Å². The van der Waals surface area contributed by atoms with Crippen molar-refractivity contribution in [3.63, 3.8) is 0 Å². The average Bonchev–Trinajstić information content (AvgIpc) is 2.40. The predicted molar refractivity (Wildman–Crippen MR) is 68.1 cm³/mol. The molecule has 1 aliphatic rings. The molecular weight excluding hydrogens is 233 g/mol. The monoisotopic (exact) mass is 253 g/mol. The van der Waals surface area contributed by atoms with E-state index in [1.54, 1.807) is 0 Å². The number of hydrogen-bond acceptors (Lipinski definition) is 3. The van der Waals surface area contributed by atoms with Crippen molar-refractivity contribution in [2.45, 2.75) is 25.5 Å². The smallest absolute Gasteiger partial charge is 0.123 e. The number of ether oxygens (including phenoxy) is 2. The number of rotatable bonds is 5. The van der Waals surface area contributed by atoms with E-state index in [9.17, 15) is 4.39 Å². The quantitative estimate of drug-likeness (QED) is 0.867.